The first-order chi connectivity index (χ1) is 9.56. The molecular formula is C14H21NO4S. The lowest BCUT2D eigenvalue weighted by molar-refractivity contribution is 0.179. The van der Waals surface area contributed by atoms with E-state index in [1.54, 1.807) is 38.4 Å². The van der Waals surface area contributed by atoms with Gasteiger partial charge >= 0.3 is 0 Å². The van der Waals surface area contributed by atoms with Gasteiger partial charge in [-0.15, -0.1) is 0 Å². The van der Waals surface area contributed by atoms with E-state index in [1.165, 1.54) is 0 Å². The predicted molar refractivity (Wildman–Crippen MR) is 76.8 cm³/mol. The highest BCUT2D eigenvalue weighted by molar-refractivity contribution is 7.91. The Morgan fingerprint density at radius 1 is 1.40 bits per heavy atom. The quantitative estimate of drug-likeness (QED) is 0.852. The smallest absolute Gasteiger partial charge is 0.179 e. The van der Waals surface area contributed by atoms with Crippen LogP contribution in [-0.2, 0) is 14.6 Å². The lowest BCUT2D eigenvalue weighted by Gasteiger charge is -2.21. The maximum absolute atomic E-state index is 12.4. The van der Waals surface area contributed by atoms with Gasteiger partial charge in [-0.05, 0) is 37.7 Å². The molecule has 1 aliphatic rings. The van der Waals surface area contributed by atoms with Crippen LogP contribution in [0.25, 0.3) is 0 Å². The molecule has 2 unspecified atom stereocenters. The number of nitrogens with one attached hydrogen (secondary N) is 1. The molecule has 1 aromatic carbocycles. The second-order valence-corrected chi connectivity index (χ2v) is 7.01. The van der Waals surface area contributed by atoms with Gasteiger partial charge in [0.05, 0.1) is 24.4 Å². The van der Waals surface area contributed by atoms with Gasteiger partial charge in [-0.3, -0.25) is 0 Å². The molecular weight excluding hydrogens is 278 g/mol. The molecule has 6 heteroatoms. The van der Waals surface area contributed by atoms with Gasteiger partial charge in [0.2, 0.25) is 0 Å². The summed E-state index contributed by atoms with van der Waals surface area (Å²) >= 11 is 0. The van der Waals surface area contributed by atoms with Gasteiger partial charge in [0.15, 0.2) is 9.84 Å². The highest BCUT2D eigenvalue weighted by Gasteiger charge is 2.29. The Labute approximate surface area is 120 Å². The van der Waals surface area contributed by atoms with Crippen LogP contribution in [0.15, 0.2) is 29.2 Å². The Hall–Kier alpha value is -1.11. The summed E-state index contributed by atoms with van der Waals surface area (Å²) in [6, 6.07) is 6.43. The summed E-state index contributed by atoms with van der Waals surface area (Å²) in [6.45, 7) is 1.34. The average Bonchev–Trinajstić information content (AvgIpc) is 2.99. The van der Waals surface area contributed by atoms with Crippen LogP contribution in [0.2, 0.25) is 0 Å². The Balaban J connectivity index is 2.11. The topological polar surface area (TPSA) is 64.6 Å². The van der Waals surface area contributed by atoms with Crippen molar-refractivity contribution in [2.24, 2.45) is 5.92 Å². The Bertz CT molecular complexity index is 521. The van der Waals surface area contributed by atoms with Crippen LogP contribution in [0.5, 0.6) is 5.75 Å². The van der Waals surface area contributed by atoms with Crippen molar-refractivity contribution in [2.75, 3.05) is 33.1 Å². The van der Waals surface area contributed by atoms with Crippen LogP contribution in [0.1, 0.15) is 6.42 Å². The summed E-state index contributed by atoms with van der Waals surface area (Å²) in [5, 5.41) is 3.11. The van der Waals surface area contributed by atoms with E-state index >= 15 is 0 Å². The lowest BCUT2D eigenvalue weighted by Crippen LogP contribution is -2.40. The van der Waals surface area contributed by atoms with Crippen LogP contribution in [0, 0.1) is 5.92 Å². The van der Waals surface area contributed by atoms with Crippen molar-refractivity contribution in [1.82, 2.24) is 5.32 Å². The van der Waals surface area contributed by atoms with Crippen molar-refractivity contribution in [2.45, 2.75) is 17.4 Å². The molecule has 112 valence electrons. The number of hydrogen-bond acceptors (Lipinski definition) is 5. The molecule has 2 rings (SSSR count). The fourth-order valence-electron chi connectivity index (χ4n) is 2.44. The van der Waals surface area contributed by atoms with Gasteiger partial charge in [-0.25, -0.2) is 8.42 Å². The molecule has 0 aromatic heterocycles. The summed E-state index contributed by atoms with van der Waals surface area (Å²) in [5.74, 6) is 0.996. The van der Waals surface area contributed by atoms with Crippen LogP contribution in [0.3, 0.4) is 0 Å². The highest BCUT2D eigenvalue weighted by atomic mass is 32.2. The summed E-state index contributed by atoms with van der Waals surface area (Å²) in [5.41, 5.74) is 0. The first kappa shape index (κ1) is 15.3. The number of rotatable bonds is 6. The maximum Gasteiger partial charge on any atom is 0.179 e. The molecule has 20 heavy (non-hydrogen) atoms. The van der Waals surface area contributed by atoms with Gasteiger partial charge in [-0.1, -0.05) is 0 Å². The van der Waals surface area contributed by atoms with Gasteiger partial charge in [0, 0.05) is 18.6 Å². The van der Waals surface area contributed by atoms with Crippen LogP contribution >= 0.6 is 0 Å². The average molecular weight is 299 g/mol. The SMILES string of the molecule is CNC(CS(=O)(=O)c1ccc(OC)cc1)C1CCOC1. The zero-order valence-electron chi connectivity index (χ0n) is 11.8. The van der Waals surface area contributed by atoms with Crippen molar-refractivity contribution >= 4 is 9.84 Å². The van der Waals surface area contributed by atoms with Crippen molar-refractivity contribution in [3.63, 3.8) is 0 Å². The molecule has 1 saturated heterocycles. The molecule has 5 nitrogen and oxygen atoms in total. The van der Waals surface area contributed by atoms with Gasteiger partial charge in [-0.2, -0.15) is 0 Å². The van der Waals surface area contributed by atoms with Crippen LogP contribution in [-0.4, -0.2) is 47.6 Å². The van der Waals surface area contributed by atoms with E-state index in [0.717, 1.165) is 6.42 Å². The highest BCUT2D eigenvalue weighted by Crippen LogP contribution is 2.22. The van der Waals surface area contributed by atoms with Crippen molar-refractivity contribution < 1.29 is 17.9 Å². The largest absolute Gasteiger partial charge is 0.497 e. The molecule has 0 radical (unpaired) electrons. The minimum absolute atomic E-state index is 0.0791. The number of ether oxygens (including phenoxy) is 2. The fraction of sp³-hybridized carbons (Fsp3) is 0.571. The molecule has 0 saturated carbocycles. The summed E-state index contributed by atoms with van der Waals surface area (Å²) in [7, 11) is 0.0467. The number of sulfone groups is 1. The Morgan fingerprint density at radius 3 is 2.60 bits per heavy atom. The molecule has 0 amide bonds. The zero-order chi connectivity index (χ0) is 14.6. The molecule has 2 atom stereocenters. The van der Waals surface area contributed by atoms with Crippen molar-refractivity contribution in [3.05, 3.63) is 24.3 Å². The normalized spacial score (nSPS) is 20.8. The van der Waals surface area contributed by atoms with E-state index in [1.807, 2.05) is 0 Å². The zero-order valence-corrected chi connectivity index (χ0v) is 12.7. The fourth-order valence-corrected chi connectivity index (χ4v) is 4.10. The monoisotopic (exact) mass is 299 g/mol. The number of hydrogen-bond donors (Lipinski definition) is 1. The molecule has 1 heterocycles. The molecule has 0 spiro atoms. The second kappa shape index (κ2) is 6.56. The van der Waals surface area contributed by atoms with Gasteiger partial charge in [0.25, 0.3) is 0 Å². The first-order valence-corrected chi connectivity index (χ1v) is 8.34. The third kappa shape index (κ3) is 3.50. The summed E-state index contributed by atoms with van der Waals surface area (Å²) < 4.78 is 35.3. The van der Waals surface area contributed by atoms with E-state index < -0.39 is 9.84 Å². The summed E-state index contributed by atoms with van der Waals surface area (Å²) in [4.78, 5) is 0.331. The van der Waals surface area contributed by atoms with Crippen molar-refractivity contribution in [3.8, 4) is 5.75 Å². The molecule has 1 aromatic rings. The van der Waals surface area contributed by atoms with Crippen LogP contribution < -0.4 is 10.1 Å². The third-order valence-electron chi connectivity index (χ3n) is 3.72. The van der Waals surface area contributed by atoms with Crippen molar-refractivity contribution in [1.29, 1.82) is 0 Å². The maximum atomic E-state index is 12.4. The summed E-state index contributed by atoms with van der Waals surface area (Å²) in [6.07, 6.45) is 0.906. The number of benzene rings is 1. The molecule has 0 aliphatic carbocycles. The first-order valence-electron chi connectivity index (χ1n) is 6.68. The lowest BCUT2D eigenvalue weighted by atomic mass is 10.0. The minimum atomic E-state index is -3.31. The predicted octanol–water partition coefficient (Wildman–Crippen LogP) is 1.09. The van der Waals surface area contributed by atoms with E-state index in [2.05, 4.69) is 5.32 Å². The third-order valence-corrected chi connectivity index (χ3v) is 5.51. The van der Waals surface area contributed by atoms with Gasteiger partial charge < -0.3 is 14.8 Å². The standard InChI is InChI=1S/C14H21NO4S/c1-15-14(11-7-8-19-9-11)10-20(16,17)13-5-3-12(18-2)4-6-13/h3-6,11,14-15H,7-10H2,1-2H3. The Morgan fingerprint density at radius 2 is 2.10 bits per heavy atom. The number of methoxy groups -OCH3 is 1. The molecule has 1 N–H and O–H groups in total. The second-order valence-electron chi connectivity index (χ2n) is 4.98. The molecule has 1 fully saturated rings. The van der Waals surface area contributed by atoms with E-state index in [-0.39, 0.29) is 17.7 Å². The van der Waals surface area contributed by atoms with E-state index in [9.17, 15) is 8.42 Å². The van der Waals surface area contributed by atoms with E-state index in [0.29, 0.717) is 23.9 Å². The minimum Gasteiger partial charge on any atom is -0.497 e. The van der Waals surface area contributed by atoms with E-state index in [4.69, 9.17) is 9.47 Å². The Kier molecular flexibility index (Phi) is 5.01. The van der Waals surface area contributed by atoms with Crippen LogP contribution in [0.4, 0.5) is 0 Å². The van der Waals surface area contributed by atoms with Gasteiger partial charge in [0.1, 0.15) is 5.75 Å². The molecule has 0 bridgehead atoms. The molecule has 1 aliphatic heterocycles.